The molecule has 8 heteroatoms. The molecule has 0 saturated carbocycles. The van der Waals surface area contributed by atoms with E-state index in [1.54, 1.807) is 17.9 Å². The first-order valence-corrected chi connectivity index (χ1v) is 10.4. The zero-order valence-corrected chi connectivity index (χ0v) is 19.0. The maximum atomic E-state index is 12.7. The van der Waals surface area contributed by atoms with Crippen molar-refractivity contribution in [2.24, 2.45) is 7.05 Å². The fourth-order valence-corrected chi connectivity index (χ4v) is 3.42. The highest BCUT2D eigenvalue weighted by Crippen LogP contribution is 2.28. The molecule has 31 heavy (non-hydrogen) atoms. The molecular formula is C23H28N6O2. The fourth-order valence-electron chi connectivity index (χ4n) is 3.42. The van der Waals surface area contributed by atoms with E-state index >= 15 is 0 Å². The SMILES string of the molecule is Cc1nn(C(C)(C)C)cc1-c1ccc(Oc2nc3c(cnn3C(C)C)c(=O)n2C)cc1. The van der Waals surface area contributed by atoms with E-state index in [0.29, 0.717) is 16.8 Å². The van der Waals surface area contributed by atoms with E-state index in [0.717, 1.165) is 16.8 Å². The third-order valence-electron chi connectivity index (χ3n) is 5.24. The number of fused-ring (bicyclic) bond motifs is 1. The van der Waals surface area contributed by atoms with Gasteiger partial charge in [0.05, 0.1) is 17.4 Å². The predicted molar refractivity (Wildman–Crippen MR) is 121 cm³/mol. The van der Waals surface area contributed by atoms with Gasteiger partial charge in [-0.25, -0.2) is 4.68 Å². The summed E-state index contributed by atoms with van der Waals surface area (Å²) in [6.07, 6.45) is 3.63. The first kappa shape index (κ1) is 20.8. The van der Waals surface area contributed by atoms with Gasteiger partial charge in [-0.05, 0) is 59.2 Å². The topological polar surface area (TPSA) is 79.8 Å². The molecule has 0 unspecified atom stereocenters. The molecule has 1 aromatic carbocycles. The summed E-state index contributed by atoms with van der Waals surface area (Å²) in [7, 11) is 1.65. The maximum absolute atomic E-state index is 12.7. The molecule has 0 radical (unpaired) electrons. The highest BCUT2D eigenvalue weighted by Gasteiger charge is 2.18. The summed E-state index contributed by atoms with van der Waals surface area (Å²) < 4.78 is 11.1. The third kappa shape index (κ3) is 3.73. The molecule has 0 aliphatic heterocycles. The summed E-state index contributed by atoms with van der Waals surface area (Å²) in [6.45, 7) is 12.4. The zero-order valence-electron chi connectivity index (χ0n) is 19.0. The van der Waals surface area contributed by atoms with Gasteiger partial charge >= 0.3 is 6.01 Å². The van der Waals surface area contributed by atoms with Crippen LogP contribution in [0.4, 0.5) is 0 Å². The molecule has 0 fully saturated rings. The van der Waals surface area contributed by atoms with E-state index in [2.05, 4.69) is 42.1 Å². The molecule has 4 rings (SSSR count). The molecule has 0 saturated heterocycles. The van der Waals surface area contributed by atoms with Crippen molar-refractivity contribution in [3.63, 3.8) is 0 Å². The Morgan fingerprint density at radius 1 is 1.10 bits per heavy atom. The first-order chi connectivity index (χ1) is 14.6. The molecule has 0 N–H and O–H groups in total. The predicted octanol–water partition coefficient (Wildman–Crippen LogP) is 4.43. The monoisotopic (exact) mass is 420 g/mol. The number of aromatic nitrogens is 6. The van der Waals surface area contributed by atoms with Crippen molar-refractivity contribution >= 4 is 11.0 Å². The lowest BCUT2D eigenvalue weighted by Gasteiger charge is -2.18. The van der Waals surface area contributed by atoms with Crippen molar-refractivity contribution < 1.29 is 4.74 Å². The van der Waals surface area contributed by atoms with Crippen molar-refractivity contribution in [2.45, 2.75) is 53.1 Å². The lowest BCUT2D eigenvalue weighted by molar-refractivity contribution is 0.354. The van der Waals surface area contributed by atoms with Crippen molar-refractivity contribution in [3.05, 3.63) is 52.7 Å². The number of benzene rings is 1. The summed E-state index contributed by atoms with van der Waals surface area (Å²) in [6, 6.07) is 8.03. The molecule has 0 bridgehead atoms. The van der Waals surface area contributed by atoms with Crippen molar-refractivity contribution in [1.82, 2.24) is 29.1 Å². The quantitative estimate of drug-likeness (QED) is 0.488. The van der Waals surface area contributed by atoms with Crippen LogP contribution in [0.5, 0.6) is 11.8 Å². The van der Waals surface area contributed by atoms with Gasteiger partial charge in [0.25, 0.3) is 5.56 Å². The van der Waals surface area contributed by atoms with E-state index in [1.807, 2.05) is 49.7 Å². The lowest BCUT2D eigenvalue weighted by Crippen LogP contribution is -2.22. The van der Waals surface area contributed by atoms with E-state index in [9.17, 15) is 4.79 Å². The van der Waals surface area contributed by atoms with Crippen LogP contribution in [0.15, 0.2) is 41.5 Å². The Morgan fingerprint density at radius 2 is 1.77 bits per heavy atom. The zero-order chi connectivity index (χ0) is 22.5. The fraction of sp³-hybridized carbons (Fsp3) is 0.391. The molecule has 3 aromatic heterocycles. The van der Waals surface area contributed by atoms with Crippen LogP contribution < -0.4 is 10.3 Å². The second-order valence-corrected chi connectivity index (χ2v) is 9.05. The summed E-state index contributed by atoms with van der Waals surface area (Å²) >= 11 is 0. The van der Waals surface area contributed by atoms with Gasteiger partial charge in [-0.15, -0.1) is 0 Å². The van der Waals surface area contributed by atoms with Crippen LogP contribution in [0.1, 0.15) is 46.4 Å². The van der Waals surface area contributed by atoms with Crippen LogP contribution in [-0.4, -0.2) is 29.1 Å². The second-order valence-electron chi connectivity index (χ2n) is 9.05. The Kier molecular flexibility index (Phi) is 4.95. The van der Waals surface area contributed by atoms with Gasteiger partial charge in [0.2, 0.25) is 0 Å². The highest BCUT2D eigenvalue weighted by molar-refractivity contribution is 5.74. The Balaban J connectivity index is 1.66. The number of ether oxygens (including phenoxy) is 1. The minimum absolute atomic E-state index is 0.0797. The van der Waals surface area contributed by atoms with Crippen LogP contribution in [0.25, 0.3) is 22.2 Å². The number of hydrogen-bond acceptors (Lipinski definition) is 5. The molecule has 0 aliphatic carbocycles. The molecule has 162 valence electrons. The van der Waals surface area contributed by atoms with E-state index in [4.69, 9.17) is 4.74 Å². The molecule has 4 aromatic rings. The largest absolute Gasteiger partial charge is 0.425 e. The smallest absolute Gasteiger partial charge is 0.306 e. The van der Waals surface area contributed by atoms with Crippen LogP contribution in [0.2, 0.25) is 0 Å². The van der Waals surface area contributed by atoms with E-state index in [1.165, 1.54) is 4.57 Å². The summed E-state index contributed by atoms with van der Waals surface area (Å²) in [5.41, 5.74) is 3.36. The van der Waals surface area contributed by atoms with Crippen LogP contribution >= 0.6 is 0 Å². The average molecular weight is 421 g/mol. The van der Waals surface area contributed by atoms with Gasteiger partial charge in [0, 0.05) is 24.8 Å². The lowest BCUT2D eigenvalue weighted by atomic mass is 10.1. The highest BCUT2D eigenvalue weighted by atomic mass is 16.5. The van der Waals surface area contributed by atoms with Gasteiger partial charge in [0.15, 0.2) is 5.65 Å². The van der Waals surface area contributed by atoms with E-state index in [-0.39, 0.29) is 23.2 Å². The van der Waals surface area contributed by atoms with Crippen molar-refractivity contribution in [2.75, 3.05) is 0 Å². The first-order valence-electron chi connectivity index (χ1n) is 10.4. The standard InChI is InChI=1S/C23H28N6O2/c1-14(2)29-20-18(12-24-29)21(30)27(7)22(25-20)31-17-10-8-16(9-11-17)19-13-28(23(4,5)6)26-15(19)3/h8-14H,1-7H3. The van der Waals surface area contributed by atoms with Crippen LogP contribution in [-0.2, 0) is 12.6 Å². The Labute approximate surface area is 181 Å². The number of hydrogen-bond donors (Lipinski definition) is 0. The molecule has 8 nitrogen and oxygen atoms in total. The third-order valence-corrected chi connectivity index (χ3v) is 5.24. The molecule has 0 atom stereocenters. The molecule has 0 amide bonds. The van der Waals surface area contributed by atoms with Gasteiger partial charge in [-0.1, -0.05) is 12.1 Å². The Morgan fingerprint density at radius 3 is 2.35 bits per heavy atom. The van der Waals surface area contributed by atoms with E-state index < -0.39 is 0 Å². The summed E-state index contributed by atoms with van der Waals surface area (Å²) in [4.78, 5) is 17.3. The van der Waals surface area contributed by atoms with Crippen molar-refractivity contribution in [3.8, 4) is 22.9 Å². The number of rotatable bonds is 4. The number of nitrogens with zero attached hydrogens (tertiary/aromatic N) is 6. The van der Waals surface area contributed by atoms with Crippen molar-refractivity contribution in [1.29, 1.82) is 0 Å². The molecular weight excluding hydrogens is 392 g/mol. The van der Waals surface area contributed by atoms with Gasteiger partial charge in [-0.2, -0.15) is 15.2 Å². The van der Waals surface area contributed by atoms with Crippen LogP contribution in [0, 0.1) is 6.92 Å². The summed E-state index contributed by atoms with van der Waals surface area (Å²) in [5, 5.41) is 9.42. The minimum Gasteiger partial charge on any atom is -0.425 e. The normalized spacial score (nSPS) is 12.1. The maximum Gasteiger partial charge on any atom is 0.306 e. The van der Waals surface area contributed by atoms with Gasteiger partial charge in [-0.3, -0.25) is 14.0 Å². The average Bonchev–Trinajstić information content (AvgIpc) is 3.30. The summed E-state index contributed by atoms with van der Waals surface area (Å²) in [5.74, 6) is 0.599. The number of aryl methyl sites for hydroxylation is 1. The Bertz CT molecular complexity index is 1300. The van der Waals surface area contributed by atoms with Gasteiger partial charge in [0.1, 0.15) is 11.1 Å². The second kappa shape index (κ2) is 7.37. The minimum atomic E-state index is -0.186. The molecule has 0 spiro atoms. The van der Waals surface area contributed by atoms with Gasteiger partial charge < -0.3 is 4.74 Å². The molecule has 0 aliphatic rings. The Hall–Kier alpha value is -3.42. The van der Waals surface area contributed by atoms with Crippen LogP contribution in [0.3, 0.4) is 0 Å². The molecule has 3 heterocycles.